The highest BCUT2D eigenvalue weighted by Crippen LogP contribution is 2.26. The largest absolute Gasteiger partial charge is 0.319 e. The minimum Gasteiger partial charge on any atom is -0.319 e. The molecular weight excluding hydrogens is 278 g/mol. The van der Waals surface area contributed by atoms with Gasteiger partial charge in [-0.1, -0.05) is 37.3 Å². The van der Waals surface area contributed by atoms with Crippen LogP contribution in [0.3, 0.4) is 0 Å². The van der Waals surface area contributed by atoms with Gasteiger partial charge in [-0.2, -0.15) is 5.10 Å². The number of aromatic nitrogens is 2. The van der Waals surface area contributed by atoms with Gasteiger partial charge in [0.25, 0.3) is 0 Å². The first-order valence-electron chi connectivity index (χ1n) is 5.75. The Bertz CT molecular complexity index is 479. The summed E-state index contributed by atoms with van der Waals surface area (Å²) in [5.41, 5.74) is 8.44. The molecule has 0 radical (unpaired) electrons. The third-order valence-electron chi connectivity index (χ3n) is 2.72. The number of hydrogen-bond donors (Lipinski definition) is 1. The Morgan fingerprint density at radius 1 is 1.35 bits per heavy atom. The number of nitrogens with zero attached hydrogens (tertiary/aromatic N) is 2. The summed E-state index contributed by atoms with van der Waals surface area (Å²) >= 11 is 3.52. The lowest BCUT2D eigenvalue weighted by Crippen LogP contribution is -2.18. The van der Waals surface area contributed by atoms with Gasteiger partial charge >= 0.3 is 0 Å². The molecular formula is C13H16BrN3. The van der Waals surface area contributed by atoms with Gasteiger partial charge in [-0.25, -0.2) is 0 Å². The van der Waals surface area contributed by atoms with E-state index in [0.717, 1.165) is 28.7 Å². The Balaban J connectivity index is 2.36. The smallest absolute Gasteiger partial charge is 0.0738 e. The van der Waals surface area contributed by atoms with Crippen LogP contribution in [-0.2, 0) is 6.54 Å². The standard InChI is InChI=1S/C13H16BrN3/c1-2-8-17-13(11(14)9-16-17)12(15)10-6-4-3-5-7-10/h3-7,9,12H,2,8,15H2,1H3. The zero-order chi connectivity index (χ0) is 12.3. The van der Waals surface area contributed by atoms with E-state index in [-0.39, 0.29) is 6.04 Å². The average Bonchev–Trinajstić information content (AvgIpc) is 2.71. The van der Waals surface area contributed by atoms with Gasteiger partial charge in [0.15, 0.2) is 0 Å². The lowest BCUT2D eigenvalue weighted by atomic mass is 10.0. The SMILES string of the molecule is CCCn1ncc(Br)c1C(N)c1ccccc1. The number of aryl methyl sites for hydroxylation is 1. The van der Waals surface area contributed by atoms with Crippen LogP contribution in [-0.4, -0.2) is 9.78 Å². The number of rotatable bonds is 4. The van der Waals surface area contributed by atoms with Crippen LogP contribution >= 0.6 is 15.9 Å². The van der Waals surface area contributed by atoms with Crippen molar-refractivity contribution >= 4 is 15.9 Å². The summed E-state index contributed by atoms with van der Waals surface area (Å²) < 4.78 is 2.95. The molecule has 90 valence electrons. The van der Waals surface area contributed by atoms with Crippen molar-refractivity contribution < 1.29 is 0 Å². The van der Waals surface area contributed by atoms with Crippen molar-refractivity contribution in [2.75, 3.05) is 0 Å². The van der Waals surface area contributed by atoms with Gasteiger partial charge in [0.1, 0.15) is 0 Å². The van der Waals surface area contributed by atoms with Crippen LogP contribution in [0.5, 0.6) is 0 Å². The molecule has 0 saturated carbocycles. The molecule has 0 fully saturated rings. The van der Waals surface area contributed by atoms with Crippen molar-refractivity contribution in [1.82, 2.24) is 9.78 Å². The van der Waals surface area contributed by atoms with Gasteiger partial charge < -0.3 is 5.73 Å². The lowest BCUT2D eigenvalue weighted by Gasteiger charge is -2.15. The fraction of sp³-hybridized carbons (Fsp3) is 0.308. The Kier molecular flexibility index (Phi) is 3.97. The van der Waals surface area contributed by atoms with E-state index in [0.29, 0.717) is 0 Å². The van der Waals surface area contributed by atoms with Crippen molar-refractivity contribution in [3.63, 3.8) is 0 Å². The minimum atomic E-state index is -0.139. The third kappa shape index (κ3) is 2.58. The molecule has 2 aromatic rings. The average molecular weight is 294 g/mol. The van der Waals surface area contributed by atoms with Crippen LogP contribution in [0.4, 0.5) is 0 Å². The summed E-state index contributed by atoms with van der Waals surface area (Å²) in [5.74, 6) is 0. The zero-order valence-corrected chi connectivity index (χ0v) is 11.4. The molecule has 4 heteroatoms. The van der Waals surface area contributed by atoms with E-state index < -0.39 is 0 Å². The molecule has 1 heterocycles. The zero-order valence-electron chi connectivity index (χ0n) is 9.81. The van der Waals surface area contributed by atoms with E-state index in [1.54, 1.807) is 0 Å². The summed E-state index contributed by atoms with van der Waals surface area (Å²) in [6.07, 6.45) is 2.86. The second-order valence-electron chi connectivity index (χ2n) is 3.99. The van der Waals surface area contributed by atoms with E-state index in [4.69, 9.17) is 5.73 Å². The van der Waals surface area contributed by atoms with Gasteiger partial charge in [0.05, 0.1) is 22.4 Å². The lowest BCUT2D eigenvalue weighted by molar-refractivity contribution is 0.559. The summed E-state index contributed by atoms with van der Waals surface area (Å²) in [6, 6.07) is 9.95. The van der Waals surface area contributed by atoms with Crippen LogP contribution in [0.25, 0.3) is 0 Å². The maximum Gasteiger partial charge on any atom is 0.0738 e. The molecule has 0 saturated heterocycles. The Hall–Kier alpha value is -1.13. The molecule has 0 aliphatic heterocycles. The second kappa shape index (κ2) is 5.47. The molecule has 0 bridgehead atoms. The highest BCUT2D eigenvalue weighted by atomic mass is 79.9. The Morgan fingerprint density at radius 2 is 2.06 bits per heavy atom. The Morgan fingerprint density at radius 3 is 2.71 bits per heavy atom. The summed E-state index contributed by atoms with van der Waals surface area (Å²) in [4.78, 5) is 0. The molecule has 0 amide bonds. The van der Waals surface area contributed by atoms with Gasteiger partial charge in [-0.3, -0.25) is 4.68 Å². The first kappa shape index (κ1) is 12.3. The highest BCUT2D eigenvalue weighted by molar-refractivity contribution is 9.10. The second-order valence-corrected chi connectivity index (χ2v) is 4.84. The minimum absolute atomic E-state index is 0.139. The number of hydrogen-bond acceptors (Lipinski definition) is 2. The van der Waals surface area contributed by atoms with E-state index in [2.05, 4.69) is 28.0 Å². The van der Waals surface area contributed by atoms with Crippen molar-refractivity contribution in [1.29, 1.82) is 0 Å². The first-order chi connectivity index (χ1) is 8.24. The summed E-state index contributed by atoms with van der Waals surface area (Å²) in [7, 11) is 0. The molecule has 1 atom stereocenters. The van der Waals surface area contributed by atoms with Gasteiger partial charge in [0.2, 0.25) is 0 Å². The molecule has 2 rings (SSSR count). The third-order valence-corrected chi connectivity index (χ3v) is 3.33. The van der Waals surface area contributed by atoms with Crippen molar-refractivity contribution in [2.24, 2.45) is 5.73 Å². The van der Waals surface area contributed by atoms with Gasteiger partial charge in [-0.05, 0) is 27.9 Å². The highest BCUT2D eigenvalue weighted by Gasteiger charge is 2.17. The van der Waals surface area contributed by atoms with E-state index in [1.165, 1.54) is 0 Å². The maximum absolute atomic E-state index is 6.30. The monoisotopic (exact) mass is 293 g/mol. The summed E-state index contributed by atoms with van der Waals surface area (Å²) in [5, 5.41) is 4.34. The van der Waals surface area contributed by atoms with Gasteiger partial charge in [-0.15, -0.1) is 0 Å². The maximum atomic E-state index is 6.30. The Labute approximate surface area is 110 Å². The number of halogens is 1. The predicted molar refractivity (Wildman–Crippen MR) is 72.7 cm³/mol. The molecule has 0 aliphatic carbocycles. The molecule has 1 unspecified atom stereocenters. The normalized spacial score (nSPS) is 12.6. The molecule has 2 N–H and O–H groups in total. The van der Waals surface area contributed by atoms with E-state index in [1.807, 2.05) is 41.2 Å². The van der Waals surface area contributed by atoms with Crippen molar-refractivity contribution in [3.8, 4) is 0 Å². The van der Waals surface area contributed by atoms with Gasteiger partial charge in [0, 0.05) is 6.54 Å². The molecule has 3 nitrogen and oxygen atoms in total. The molecule has 1 aromatic heterocycles. The molecule has 17 heavy (non-hydrogen) atoms. The van der Waals surface area contributed by atoms with Crippen molar-refractivity contribution in [3.05, 3.63) is 52.3 Å². The topological polar surface area (TPSA) is 43.8 Å². The number of benzene rings is 1. The summed E-state index contributed by atoms with van der Waals surface area (Å²) in [6.45, 7) is 3.02. The fourth-order valence-corrected chi connectivity index (χ4v) is 2.43. The fourth-order valence-electron chi connectivity index (χ4n) is 1.89. The van der Waals surface area contributed by atoms with Crippen LogP contribution in [0.15, 0.2) is 41.0 Å². The number of nitrogens with two attached hydrogens (primary N) is 1. The first-order valence-corrected chi connectivity index (χ1v) is 6.55. The molecule has 0 aliphatic rings. The quantitative estimate of drug-likeness (QED) is 0.941. The van der Waals surface area contributed by atoms with Crippen LogP contribution < -0.4 is 5.73 Å². The molecule has 0 spiro atoms. The predicted octanol–water partition coefficient (Wildman–Crippen LogP) is 3.10. The van der Waals surface area contributed by atoms with Crippen LogP contribution in [0.2, 0.25) is 0 Å². The van der Waals surface area contributed by atoms with E-state index >= 15 is 0 Å². The van der Waals surface area contributed by atoms with Crippen LogP contribution in [0.1, 0.15) is 30.6 Å². The molecule has 1 aromatic carbocycles. The van der Waals surface area contributed by atoms with Crippen LogP contribution in [0, 0.1) is 0 Å². The van der Waals surface area contributed by atoms with Crippen molar-refractivity contribution in [2.45, 2.75) is 25.9 Å². The van der Waals surface area contributed by atoms with E-state index in [9.17, 15) is 0 Å².